The first-order valence-corrected chi connectivity index (χ1v) is 10.2. The van der Waals surface area contributed by atoms with Crippen molar-refractivity contribution >= 4 is 5.78 Å². The van der Waals surface area contributed by atoms with E-state index in [0.717, 1.165) is 51.6 Å². The minimum absolute atomic E-state index is 0.123. The van der Waals surface area contributed by atoms with Crippen molar-refractivity contribution in [3.8, 4) is 0 Å². The maximum Gasteiger partial charge on any atom is 0.138 e. The van der Waals surface area contributed by atoms with Crippen LogP contribution in [0.25, 0.3) is 0 Å². The van der Waals surface area contributed by atoms with E-state index >= 15 is 0 Å². The summed E-state index contributed by atoms with van der Waals surface area (Å²) in [5, 5.41) is 11.2. The molecular formula is C20H37NO3. The SMILES string of the molecule is CCCCCCCC(=O)[C@H]1CC[C@H]2C[C@H](OCCCCN)C[C@]21O. The van der Waals surface area contributed by atoms with E-state index in [9.17, 15) is 9.90 Å². The monoisotopic (exact) mass is 339 g/mol. The Balaban J connectivity index is 1.76. The molecule has 2 saturated carbocycles. The van der Waals surface area contributed by atoms with Gasteiger partial charge in [-0.05, 0) is 51.0 Å². The Bertz CT molecular complexity index is 387. The summed E-state index contributed by atoms with van der Waals surface area (Å²) in [5.41, 5.74) is 4.71. The maximum atomic E-state index is 12.6. The van der Waals surface area contributed by atoms with Gasteiger partial charge in [-0.15, -0.1) is 0 Å². The summed E-state index contributed by atoms with van der Waals surface area (Å²) >= 11 is 0. The molecule has 0 radical (unpaired) electrons. The van der Waals surface area contributed by atoms with Gasteiger partial charge in [-0.1, -0.05) is 32.6 Å². The molecule has 2 rings (SSSR count). The molecule has 0 unspecified atom stereocenters. The van der Waals surface area contributed by atoms with Gasteiger partial charge in [-0.3, -0.25) is 4.79 Å². The molecule has 0 aromatic heterocycles. The Hall–Kier alpha value is -0.450. The molecule has 0 saturated heterocycles. The van der Waals surface area contributed by atoms with Gasteiger partial charge >= 0.3 is 0 Å². The highest BCUT2D eigenvalue weighted by Crippen LogP contribution is 2.52. The van der Waals surface area contributed by atoms with Crippen molar-refractivity contribution in [1.29, 1.82) is 0 Å². The molecule has 4 heteroatoms. The van der Waals surface area contributed by atoms with Crippen LogP contribution >= 0.6 is 0 Å². The first kappa shape index (κ1) is 19.9. The summed E-state index contributed by atoms with van der Waals surface area (Å²) in [6, 6.07) is 0. The van der Waals surface area contributed by atoms with Crippen LogP contribution in [-0.4, -0.2) is 35.7 Å². The largest absolute Gasteiger partial charge is 0.389 e. The van der Waals surface area contributed by atoms with Gasteiger partial charge in [0.1, 0.15) is 5.78 Å². The van der Waals surface area contributed by atoms with Gasteiger partial charge < -0.3 is 15.6 Å². The lowest BCUT2D eigenvalue weighted by molar-refractivity contribution is -0.132. The van der Waals surface area contributed by atoms with E-state index < -0.39 is 5.60 Å². The lowest BCUT2D eigenvalue weighted by Gasteiger charge is -2.29. The summed E-state index contributed by atoms with van der Waals surface area (Å²) in [7, 11) is 0. The highest BCUT2D eigenvalue weighted by molar-refractivity contribution is 5.82. The van der Waals surface area contributed by atoms with Crippen molar-refractivity contribution in [2.24, 2.45) is 17.6 Å². The molecule has 4 nitrogen and oxygen atoms in total. The molecule has 0 aromatic carbocycles. The zero-order valence-corrected chi connectivity index (χ0v) is 15.5. The van der Waals surface area contributed by atoms with Crippen molar-refractivity contribution in [1.82, 2.24) is 0 Å². The Morgan fingerprint density at radius 3 is 2.71 bits per heavy atom. The number of unbranched alkanes of at least 4 members (excludes halogenated alkanes) is 5. The second kappa shape index (κ2) is 9.88. The molecule has 0 amide bonds. The van der Waals surface area contributed by atoms with Gasteiger partial charge in [-0.25, -0.2) is 0 Å². The molecule has 0 bridgehead atoms. The molecule has 4 atom stereocenters. The van der Waals surface area contributed by atoms with E-state index in [1.807, 2.05) is 0 Å². The Kier molecular flexibility index (Phi) is 8.18. The number of aliphatic hydroxyl groups is 1. The number of ether oxygens (including phenoxy) is 1. The molecule has 0 heterocycles. The predicted octanol–water partition coefficient (Wildman–Crippen LogP) is 3.59. The van der Waals surface area contributed by atoms with Crippen molar-refractivity contribution in [2.45, 2.75) is 95.7 Å². The molecule has 2 fully saturated rings. The van der Waals surface area contributed by atoms with E-state index in [-0.39, 0.29) is 17.9 Å². The second-order valence-corrected chi connectivity index (χ2v) is 7.88. The van der Waals surface area contributed by atoms with Crippen LogP contribution in [0, 0.1) is 11.8 Å². The highest BCUT2D eigenvalue weighted by atomic mass is 16.5. The number of carbonyl (C=O) groups is 1. The van der Waals surface area contributed by atoms with E-state index in [0.29, 0.717) is 25.2 Å². The molecule has 2 aliphatic rings. The third kappa shape index (κ3) is 5.03. The smallest absolute Gasteiger partial charge is 0.138 e. The highest BCUT2D eigenvalue weighted by Gasteiger charge is 2.56. The van der Waals surface area contributed by atoms with E-state index in [4.69, 9.17) is 10.5 Å². The molecule has 0 aromatic rings. The van der Waals surface area contributed by atoms with Gasteiger partial charge in [-0.2, -0.15) is 0 Å². The molecule has 140 valence electrons. The normalized spacial score (nSPS) is 32.2. The number of hydrogen-bond acceptors (Lipinski definition) is 4. The minimum atomic E-state index is -0.793. The number of ketones is 1. The lowest BCUT2D eigenvalue weighted by Crippen LogP contribution is -2.40. The number of Topliss-reactive ketones (excluding diaryl/α,β-unsaturated/α-hetero) is 1. The summed E-state index contributed by atoms with van der Waals surface area (Å²) in [6.45, 7) is 3.63. The average Bonchev–Trinajstić information content (AvgIpc) is 3.03. The van der Waals surface area contributed by atoms with E-state index in [1.54, 1.807) is 0 Å². The van der Waals surface area contributed by atoms with E-state index in [1.165, 1.54) is 19.3 Å². The second-order valence-electron chi connectivity index (χ2n) is 7.88. The molecular weight excluding hydrogens is 302 g/mol. The van der Waals surface area contributed by atoms with Crippen LogP contribution in [0.1, 0.15) is 84.0 Å². The van der Waals surface area contributed by atoms with Crippen LogP contribution in [0.3, 0.4) is 0 Å². The van der Waals surface area contributed by atoms with Crippen LogP contribution < -0.4 is 5.73 Å². The third-order valence-corrected chi connectivity index (χ3v) is 6.08. The number of carbonyl (C=O) groups excluding carboxylic acids is 1. The fourth-order valence-electron chi connectivity index (χ4n) is 4.69. The van der Waals surface area contributed by atoms with Crippen molar-refractivity contribution in [3.05, 3.63) is 0 Å². The van der Waals surface area contributed by atoms with Crippen LogP contribution in [-0.2, 0) is 9.53 Å². The summed E-state index contributed by atoms with van der Waals surface area (Å²) in [6.07, 6.45) is 12.0. The molecule has 0 aliphatic heterocycles. The molecule has 3 N–H and O–H groups in total. The van der Waals surface area contributed by atoms with Crippen molar-refractivity contribution < 1.29 is 14.6 Å². The number of hydrogen-bond donors (Lipinski definition) is 2. The Morgan fingerprint density at radius 1 is 1.17 bits per heavy atom. The fraction of sp³-hybridized carbons (Fsp3) is 0.950. The van der Waals surface area contributed by atoms with Crippen LogP contribution in [0.4, 0.5) is 0 Å². The first-order chi connectivity index (χ1) is 11.6. The molecule has 0 spiro atoms. The summed E-state index contributed by atoms with van der Waals surface area (Å²) < 4.78 is 5.93. The third-order valence-electron chi connectivity index (χ3n) is 6.08. The van der Waals surface area contributed by atoms with Crippen LogP contribution in [0.2, 0.25) is 0 Å². The number of nitrogens with two attached hydrogens (primary N) is 1. The van der Waals surface area contributed by atoms with Gasteiger partial charge in [0.2, 0.25) is 0 Å². The van der Waals surface area contributed by atoms with Crippen LogP contribution in [0.5, 0.6) is 0 Å². The summed E-state index contributed by atoms with van der Waals surface area (Å²) in [5.74, 6) is 0.401. The quantitative estimate of drug-likeness (QED) is 0.533. The zero-order valence-electron chi connectivity index (χ0n) is 15.5. The Morgan fingerprint density at radius 2 is 1.96 bits per heavy atom. The fourth-order valence-corrected chi connectivity index (χ4v) is 4.69. The minimum Gasteiger partial charge on any atom is -0.389 e. The first-order valence-electron chi connectivity index (χ1n) is 10.2. The predicted molar refractivity (Wildman–Crippen MR) is 96.8 cm³/mol. The van der Waals surface area contributed by atoms with Crippen LogP contribution in [0.15, 0.2) is 0 Å². The van der Waals surface area contributed by atoms with Crippen molar-refractivity contribution in [2.75, 3.05) is 13.2 Å². The Labute approximate surface area is 147 Å². The maximum absolute atomic E-state index is 12.6. The summed E-state index contributed by atoms with van der Waals surface area (Å²) in [4.78, 5) is 12.6. The average molecular weight is 340 g/mol. The molecule has 2 aliphatic carbocycles. The lowest BCUT2D eigenvalue weighted by atomic mass is 9.82. The van der Waals surface area contributed by atoms with Gasteiger partial charge in [0.15, 0.2) is 0 Å². The number of rotatable bonds is 12. The van der Waals surface area contributed by atoms with E-state index in [2.05, 4.69) is 6.92 Å². The zero-order chi connectivity index (χ0) is 17.4. The van der Waals surface area contributed by atoms with Gasteiger partial charge in [0.05, 0.1) is 11.7 Å². The van der Waals surface area contributed by atoms with Crippen molar-refractivity contribution in [3.63, 3.8) is 0 Å². The molecule has 24 heavy (non-hydrogen) atoms. The van der Waals surface area contributed by atoms with Gasteiger partial charge in [0.25, 0.3) is 0 Å². The number of fused-ring (bicyclic) bond motifs is 1. The standard InChI is InChI=1S/C20H37NO3/c1-2-3-4-5-6-9-19(22)18-11-10-16-14-17(15-20(16,18)23)24-13-8-7-12-21/h16-18,23H,2-15,21H2,1H3/t16-,17-,18+,20-/m0/s1. The van der Waals surface area contributed by atoms with Gasteiger partial charge in [0, 0.05) is 25.4 Å². The topological polar surface area (TPSA) is 72.5 Å².